The summed E-state index contributed by atoms with van der Waals surface area (Å²) in [5, 5.41) is 1.76. The van der Waals surface area contributed by atoms with Gasteiger partial charge in [0.05, 0.1) is 0 Å². The molecule has 1 aromatic carbocycles. The van der Waals surface area contributed by atoms with Gasteiger partial charge in [0, 0.05) is 0 Å². The first kappa shape index (κ1) is 12.7. The maximum atomic E-state index is 4.33. The Hall–Kier alpha value is -0.340. The molecule has 1 rings (SSSR count). The van der Waals surface area contributed by atoms with Gasteiger partial charge in [-0.1, -0.05) is 12.1 Å². The molecule has 2 heteroatoms. The fraction of sp³-hybridized carbons (Fsp3) is 0.385. The van der Waals surface area contributed by atoms with Crippen molar-refractivity contribution in [3.05, 3.63) is 44.7 Å². The Kier molecular flexibility index (Phi) is 4.81. The number of hydrogen-bond acceptors (Lipinski definition) is 2. The fourth-order valence-corrected chi connectivity index (χ4v) is 1.86. The summed E-state index contributed by atoms with van der Waals surface area (Å²) in [5.41, 5.74) is 5.52. The van der Waals surface area contributed by atoms with E-state index in [4.69, 9.17) is 0 Å². The molecule has 0 heterocycles. The Bertz CT molecular complexity index is 378. The molecule has 0 nitrogen and oxygen atoms in total. The molecule has 0 saturated heterocycles. The molecule has 0 atom stereocenters. The van der Waals surface area contributed by atoms with Crippen molar-refractivity contribution in [3.63, 3.8) is 0 Å². The van der Waals surface area contributed by atoms with Crippen LogP contribution in [0.1, 0.15) is 28.7 Å². The van der Waals surface area contributed by atoms with Crippen molar-refractivity contribution in [2.45, 2.75) is 33.6 Å². The molecule has 1 aromatic rings. The lowest BCUT2D eigenvalue weighted by Crippen LogP contribution is -1.93. The van der Waals surface area contributed by atoms with Crippen molar-refractivity contribution in [2.75, 3.05) is 0 Å². The molecule has 0 spiro atoms. The molecule has 0 aliphatic carbocycles. The number of rotatable bonds is 3. The third-order valence-electron chi connectivity index (χ3n) is 2.75. The summed E-state index contributed by atoms with van der Waals surface area (Å²) in [7, 11) is 0. The largest absolute Gasteiger partial charge is 0.151 e. The van der Waals surface area contributed by atoms with Gasteiger partial charge in [0.2, 0.25) is 0 Å². The van der Waals surface area contributed by atoms with Crippen molar-refractivity contribution in [3.8, 4) is 0 Å². The van der Waals surface area contributed by atoms with E-state index >= 15 is 0 Å². The second-order valence-electron chi connectivity index (χ2n) is 3.98. The molecule has 0 aliphatic heterocycles. The molecule has 0 unspecified atom stereocenters. The van der Waals surface area contributed by atoms with Crippen LogP contribution in [0.3, 0.4) is 0 Å². The topological polar surface area (TPSA) is 0 Å². The van der Waals surface area contributed by atoms with Crippen LogP contribution < -0.4 is 0 Å². The fourth-order valence-electron chi connectivity index (χ4n) is 1.62. The van der Waals surface area contributed by atoms with Crippen molar-refractivity contribution in [2.24, 2.45) is 0 Å². The maximum Gasteiger partial charge on any atom is -0.0120 e. The van der Waals surface area contributed by atoms with Crippen LogP contribution >= 0.6 is 25.3 Å². The molecule has 0 saturated carbocycles. The lowest BCUT2D eigenvalue weighted by molar-refractivity contribution is 0.973. The van der Waals surface area contributed by atoms with E-state index in [9.17, 15) is 0 Å². The number of aryl methyl sites for hydroxylation is 4. The summed E-state index contributed by atoms with van der Waals surface area (Å²) in [6, 6.07) is 4.54. The molecule has 82 valence electrons. The molecule has 0 bridgehead atoms. The summed E-state index contributed by atoms with van der Waals surface area (Å²) >= 11 is 8.41. The van der Waals surface area contributed by atoms with Crippen molar-refractivity contribution < 1.29 is 0 Å². The molecular formula is C13H18S2. The Morgan fingerprint density at radius 1 is 1.13 bits per heavy atom. The average molecular weight is 238 g/mol. The lowest BCUT2D eigenvalue weighted by atomic mass is 9.98. The predicted molar refractivity (Wildman–Crippen MR) is 75.0 cm³/mol. The van der Waals surface area contributed by atoms with Crippen molar-refractivity contribution in [1.82, 2.24) is 0 Å². The van der Waals surface area contributed by atoms with E-state index in [1.807, 2.05) is 0 Å². The van der Waals surface area contributed by atoms with E-state index in [2.05, 4.69) is 58.2 Å². The summed E-state index contributed by atoms with van der Waals surface area (Å²) in [6.45, 7) is 6.49. The van der Waals surface area contributed by atoms with E-state index in [-0.39, 0.29) is 0 Å². The Morgan fingerprint density at radius 2 is 1.73 bits per heavy atom. The van der Waals surface area contributed by atoms with Gasteiger partial charge in [0.25, 0.3) is 0 Å². The van der Waals surface area contributed by atoms with Crippen LogP contribution in [0.5, 0.6) is 0 Å². The minimum absolute atomic E-state index is 0.968. The molecule has 0 N–H and O–H groups in total. The van der Waals surface area contributed by atoms with Gasteiger partial charge >= 0.3 is 0 Å². The Labute approximate surface area is 104 Å². The summed E-state index contributed by atoms with van der Waals surface area (Å²) in [6.07, 6.45) is 2.01. The summed E-state index contributed by atoms with van der Waals surface area (Å²) in [5.74, 6) is 0. The number of hydrogen-bond donors (Lipinski definition) is 2. The van der Waals surface area contributed by atoms with Crippen molar-refractivity contribution in [1.29, 1.82) is 0 Å². The smallest absolute Gasteiger partial charge is 0.0120 e. The summed E-state index contributed by atoms with van der Waals surface area (Å²) in [4.78, 5) is 1.04. The van der Waals surface area contributed by atoms with Crippen LogP contribution in [0.2, 0.25) is 0 Å². The normalized spacial score (nSPS) is 11.9. The van der Waals surface area contributed by atoms with Gasteiger partial charge in [-0.25, -0.2) is 0 Å². The van der Waals surface area contributed by atoms with Crippen LogP contribution in [-0.2, 0) is 6.42 Å². The molecule has 0 radical (unpaired) electrons. The van der Waals surface area contributed by atoms with E-state index in [0.29, 0.717) is 0 Å². The van der Waals surface area contributed by atoms with Crippen LogP contribution in [0.25, 0.3) is 0 Å². The second kappa shape index (κ2) is 5.66. The third kappa shape index (κ3) is 3.62. The zero-order valence-electron chi connectivity index (χ0n) is 9.54. The second-order valence-corrected chi connectivity index (χ2v) is 4.82. The Morgan fingerprint density at radius 3 is 2.33 bits per heavy atom. The SMILES string of the molecule is Cc1cc(C)c(CC/C(S)=C/S)cc1C. The first-order valence-corrected chi connectivity index (χ1v) is 6.10. The zero-order chi connectivity index (χ0) is 11.4. The van der Waals surface area contributed by atoms with Crippen LogP contribution in [0.15, 0.2) is 22.4 Å². The maximum absolute atomic E-state index is 4.33. The van der Waals surface area contributed by atoms with Gasteiger partial charge in [0.15, 0.2) is 0 Å². The monoisotopic (exact) mass is 238 g/mol. The molecule has 0 fully saturated rings. The minimum atomic E-state index is 0.968. The van der Waals surface area contributed by atoms with Crippen molar-refractivity contribution >= 4 is 25.3 Å². The molecule has 0 aliphatic rings. The van der Waals surface area contributed by atoms with Gasteiger partial charge in [0.1, 0.15) is 0 Å². The Balaban J connectivity index is 2.82. The van der Waals surface area contributed by atoms with E-state index < -0.39 is 0 Å². The van der Waals surface area contributed by atoms with E-state index in [1.54, 1.807) is 5.41 Å². The third-order valence-corrected chi connectivity index (χ3v) is 3.62. The predicted octanol–water partition coefficient (Wildman–Crippen LogP) is 4.25. The van der Waals surface area contributed by atoms with Crippen LogP contribution in [0.4, 0.5) is 0 Å². The molecule has 0 amide bonds. The lowest BCUT2D eigenvalue weighted by Gasteiger charge is -2.09. The highest BCUT2D eigenvalue weighted by atomic mass is 32.1. The quantitative estimate of drug-likeness (QED) is 0.723. The molecule has 15 heavy (non-hydrogen) atoms. The first-order chi connectivity index (χ1) is 7.04. The number of benzene rings is 1. The van der Waals surface area contributed by atoms with Gasteiger partial charge in [-0.3, -0.25) is 0 Å². The highest BCUT2D eigenvalue weighted by Crippen LogP contribution is 2.19. The highest BCUT2D eigenvalue weighted by molar-refractivity contribution is 7.87. The zero-order valence-corrected chi connectivity index (χ0v) is 11.3. The van der Waals surface area contributed by atoms with Crippen LogP contribution in [-0.4, -0.2) is 0 Å². The van der Waals surface area contributed by atoms with E-state index in [1.165, 1.54) is 22.3 Å². The molecule has 0 aromatic heterocycles. The first-order valence-electron chi connectivity index (χ1n) is 5.13. The number of thiol groups is 2. The average Bonchev–Trinajstić information content (AvgIpc) is 2.21. The van der Waals surface area contributed by atoms with Crippen LogP contribution in [0, 0.1) is 20.8 Å². The highest BCUT2D eigenvalue weighted by Gasteiger charge is 2.02. The van der Waals surface area contributed by atoms with E-state index in [0.717, 1.165) is 17.7 Å². The van der Waals surface area contributed by atoms with Gasteiger partial charge in [-0.05, 0) is 66.2 Å². The number of allylic oxidation sites excluding steroid dienone is 1. The minimum Gasteiger partial charge on any atom is -0.151 e. The molecular weight excluding hydrogens is 220 g/mol. The van der Waals surface area contributed by atoms with Gasteiger partial charge in [-0.15, -0.1) is 12.6 Å². The van der Waals surface area contributed by atoms with Gasteiger partial charge in [-0.2, -0.15) is 12.6 Å². The van der Waals surface area contributed by atoms with Gasteiger partial charge < -0.3 is 0 Å². The summed E-state index contributed by atoms with van der Waals surface area (Å²) < 4.78 is 0. The standard InChI is InChI=1S/C13H18S2/c1-9-6-11(3)12(7-10(9)2)4-5-13(15)8-14/h6-8,14-15H,4-5H2,1-3H3/b13-8-.